The summed E-state index contributed by atoms with van der Waals surface area (Å²) >= 11 is 0. The van der Waals surface area contributed by atoms with Gasteiger partial charge in [0.1, 0.15) is 17.8 Å². The summed E-state index contributed by atoms with van der Waals surface area (Å²) in [6.45, 7) is 8.02. The minimum Gasteiger partial charge on any atom is -0.450 e. The van der Waals surface area contributed by atoms with Gasteiger partial charge < -0.3 is 19.1 Å². The van der Waals surface area contributed by atoms with E-state index < -0.39 is 0 Å². The zero-order valence-electron chi connectivity index (χ0n) is 17.5. The monoisotopic (exact) mass is 411 g/mol. The first-order valence-electron chi connectivity index (χ1n) is 10.9. The number of carbonyl (C=O) groups is 1. The first-order chi connectivity index (χ1) is 14.7. The van der Waals surface area contributed by atoms with E-state index in [2.05, 4.69) is 26.0 Å². The lowest BCUT2D eigenvalue weighted by atomic mass is 9.78. The Kier molecular flexibility index (Phi) is 5.10. The normalized spacial score (nSPS) is 23.6. The molecule has 2 aliphatic heterocycles. The van der Waals surface area contributed by atoms with Crippen LogP contribution in [0.3, 0.4) is 0 Å². The summed E-state index contributed by atoms with van der Waals surface area (Å²) in [5.74, 6) is 0.984. The van der Waals surface area contributed by atoms with Crippen LogP contribution in [0.2, 0.25) is 0 Å². The lowest BCUT2D eigenvalue weighted by Crippen LogP contribution is -2.58. The van der Waals surface area contributed by atoms with E-state index in [1.54, 1.807) is 6.26 Å². The van der Waals surface area contributed by atoms with Crippen LogP contribution in [0.5, 0.6) is 0 Å². The van der Waals surface area contributed by atoms with Gasteiger partial charge in [0.15, 0.2) is 0 Å². The number of carbonyl (C=O) groups excluding carboxylic acids is 1. The van der Waals surface area contributed by atoms with Gasteiger partial charge in [-0.1, -0.05) is 5.16 Å². The molecule has 0 aromatic carbocycles. The number of pyridine rings is 1. The van der Waals surface area contributed by atoms with Crippen molar-refractivity contribution in [2.75, 3.05) is 50.8 Å². The fourth-order valence-electron chi connectivity index (χ4n) is 5.38. The molecule has 2 aromatic rings. The molecule has 0 N–H and O–H groups in total. The molecule has 30 heavy (non-hydrogen) atoms. The standard InChI is InChI=1S/C22H29N5O3/c1-2-29-21(28)27-15-22(16-27)7-5-17(14-22)25-9-11-26(12-10-25)20-18(4-3-8-23-20)19-6-13-30-24-19/h3-4,6,8,13,17H,2,5,7,9-12,14-16H2,1H3. The highest BCUT2D eigenvalue weighted by molar-refractivity contribution is 5.72. The fourth-order valence-corrected chi connectivity index (χ4v) is 5.38. The van der Waals surface area contributed by atoms with Crippen LogP contribution in [0.25, 0.3) is 11.3 Å². The number of rotatable bonds is 4. The minimum atomic E-state index is -0.154. The highest BCUT2D eigenvalue weighted by Crippen LogP contribution is 2.47. The Bertz CT molecular complexity index is 873. The smallest absolute Gasteiger partial charge is 0.409 e. The summed E-state index contributed by atoms with van der Waals surface area (Å²) in [6.07, 6.45) is 6.92. The molecule has 8 nitrogen and oxygen atoms in total. The van der Waals surface area contributed by atoms with Gasteiger partial charge in [-0.15, -0.1) is 0 Å². The second-order valence-electron chi connectivity index (χ2n) is 8.73. The average molecular weight is 412 g/mol. The van der Waals surface area contributed by atoms with E-state index in [4.69, 9.17) is 9.26 Å². The summed E-state index contributed by atoms with van der Waals surface area (Å²) in [7, 11) is 0. The van der Waals surface area contributed by atoms with Crippen molar-refractivity contribution in [3.8, 4) is 11.3 Å². The van der Waals surface area contributed by atoms with Crippen molar-refractivity contribution in [2.24, 2.45) is 5.41 Å². The maximum atomic E-state index is 11.9. The summed E-state index contributed by atoms with van der Waals surface area (Å²) in [4.78, 5) is 23.4. The van der Waals surface area contributed by atoms with Crippen molar-refractivity contribution < 1.29 is 14.1 Å². The van der Waals surface area contributed by atoms with E-state index in [9.17, 15) is 4.79 Å². The second kappa shape index (κ2) is 7.91. The number of nitrogens with zero attached hydrogens (tertiary/aromatic N) is 5. The van der Waals surface area contributed by atoms with Crippen LogP contribution in [-0.4, -0.2) is 78.0 Å². The lowest BCUT2D eigenvalue weighted by Gasteiger charge is -2.48. The number of likely N-dealkylation sites (tertiary alicyclic amines) is 1. The third-order valence-electron chi connectivity index (χ3n) is 6.89. The molecule has 2 saturated heterocycles. The Labute approximate surface area is 176 Å². The van der Waals surface area contributed by atoms with Crippen molar-refractivity contribution in [1.82, 2.24) is 19.9 Å². The molecule has 1 unspecified atom stereocenters. The van der Waals surface area contributed by atoms with E-state index >= 15 is 0 Å². The number of piperazine rings is 1. The summed E-state index contributed by atoms with van der Waals surface area (Å²) in [5, 5.41) is 4.09. The molecule has 0 radical (unpaired) electrons. The number of anilines is 1. The Morgan fingerprint density at radius 1 is 1.27 bits per heavy atom. The molecule has 1 atom stereocenters. The second-order valence-corrected chi connectivity index (χ2v) is 8.73. The zero-order chi connectivity index (χ0) is 20.6. The van der Waals surface area contributed by atoms with Crippen LogP contribution < -0.4 is 4.90 Å². The molecule has 8 heteroatoms. The first kappa shape index (κ1) is 19.4. The van der Waals surface area contributed by atoms with Crippen LogP contribution >= 0.6 is 0 Å². The molecule has 3 aliphatic rings. The third kappa shape index (κ3) is 3.53. The minimum absolute atomic E-state index is 0.154. The highest BCUT2D eigenvalue weighted by Gasteiger charge is 2.51. The first-order valence-corrected chi connectivity index (χ1v) is 10.9. The molecular weight excluding hydrogens is 382 g/mol. The van der Waals surface area contributed by atoms with E-state index in [0.29, 0.717) is 18.1 Å². The van der Waals surface area contributed by atoms with Crippen LogP contribution in [0.4, 0.5) is 10.6 Å². The molecular formula is C22H29N5O3. The maximum absolute atomic E-state index is 11.9. The van der Waals surface area contributed by atoms with Crippen molar-refractivity contribution >= 4 is 11.9 Å². The van der Waals surface area contributed by atoms with Gasteiger partial charge in [-0.05, 0) is 38.3 Å². The molecule has 4 heterocycles. The molecule has 160 valence electrons. The Balaban J connectivity index is 1.17. The molecule has 1 spiro atoms. The molecule has 1 saturated carbocycles. The van der Waals surface area contributed by atoms with Gasteiger partial charge in [0.05, 0.1) is 6.61 Å². The molecule has 3 fully saturated rings. The van der Waals surface area contributed by atoms with Crippen LogP contribution in [0.1, 0.15) is 26.2 Å². The average Bonchev–Trinajstić information content (AvgIpc) is 3.43. The van der Waals surface area contributed by atoms with Crippen LogP contribution in [-0.2, 0) is 4.74 Å². The van der Waals surface area contributed by atoms with Crippen LogP contribution in [0.15, 0.2) is 35.2 Å². The molecule has 1 amide bonds. The van der Waals surface area contributed by atoms with E-state index in [-0.39, 0.29) is 6.09 Å². The highest BCUT2D eigenvalue weighted by atomic mass is 16.6. The fraction of sp³-hybridized carbons (Fsp3) is 0.591. The van der Waals surface area contributed by atoms with Crippen LogP contribution in [0, 0.1) is 5.41 Å². The van der Waals surface area contributed by atoms with Crippen molar-refractivity contribution in [3.05, 3.63) is 30.7 Å². The lowest BCUT2D eigenvalue weighted by molar-refractivity contribution is -0.00294. The van der Waals surface area contributed by atoms with Crippen molar-refractivity contribution in [3.63, 3.8) is 0 Å². The van der Waals surface area contributed by atoms with Gasteiger partial charge in [0, 0.05) is 68.6 Å². The van der Waals surface area contributed by atoms with E-state index in [0.717, 1.165) is 56.3 Å². The third-order valence-corrected chi connectivity index (χ3v) is 6.89. The Morgan fingerprint density at radius 3 is 2.83 bits per heavy atom. The van der Waals surface area contributed by atoms with Gasteiger partial charge in [0.25, 0.3) is 0 Å². The number of hydrogen-bond acceptors (Lipinski definition) is 7. The topological polar surface area (TPSA) is 74.9 Å². The summed E-state index contributed by atoms with van der Waals surface area (Å²) in [6, 6.07) is 6.50. The van der Waals surface area contributed by atoms with Gasteiger partial charge >= 0.3 is 6.09 Å². The predicted octanol–water partition coefficient (Wildman–Crippen LogP) is 2.87. The SMILES string of the molecule is CCOC(=O)N1CC2(CCC(N3CCN(c4ncccc4-c4ccon4)CC3)C2)C1. The van der Waals surface area contributed by atoms with Gasteiger partial charge in [-0.2, -0.15) is 0 Å². The zero-order valence-corrected chi connectivity index (χ0v) is 17.5. The van der Waals surface area contributed by atoms with Gasteiger partial charge in [0.2, 0.25) is 0 Å². The van der Waals surface area contributed by atoms with Crippen molar-refractivity contribution in [1.29, 1.82) is 0 Å². The Morgan fingerprint density at radius 2 is 2.10 bits per heavy atom. The molecule has 2 aromatic heterocycles. The van der Waals surface area contributed by atoms with Gasteiger partial charge in [-0.3, -0.25) is 4.90 Å². The Hall–Kier alpha value is -2.61. The summed E-state index contributed by atoms with van der Waals surface area (Å²) in [5.41, 5.74) is 2.16. The van der Waals surface area contributed by atoms with E-state index in [1.807, 2.05) is 30.2 Å². The molecule has 1 aliphatic carbocycles. The molecule has 0 bridgehead atoms. The number of hydrogen-bond donors (Lipinski definition) is 0. The predicted molar refractivity (Wildman–Crippen MR) is 112 cm³/mol. The number of ether oxygens (including phenoxy) is 1. The maximum Gasteiger partial charge on any atom is 0.409 e. The number of aromatic nitrogens is 2. The largest absolute Gasteiger partial charge is 0.450 e. The molecule has 5 rings (SSSR count). The van der Waals surface area contributed by atoms with Gasteiger partial charge in [-0.25, -0.2) is 9.78 Å². The van der Waals surface area contributed by atoms with Crippen molar-refractivity contribution in [2.45, 2.75) is 32.2 Å². The van der Waals surface area contributed by atoms with E-state index in [1.165, 1.54) is 19.3 Å². The quantitative estimate of drug-likeness (QED) is 0.766. The number of amides is 1. The summed E-state index contributed by atoms with van der Waals surface area (Å²) < 4.78 is 10.2.